The van der Waals surface area contributed by atoms with E-state index in [0.717, 1.165) is 40.8 Å². The molecule has 0 saturated heterocycles. The maximum Gasteiger partial charge on any atom is 0.229 e. The molecule has 0 aromatic heterocycles. The molecule has 142 valence electrons. The van der Waals surface area contributed by atoms with Crippen LogP contribution >= 0.6 is 11.6 Å². The molecule has 5 heteroatoms. The lowest BCUT2D eigenvalue weighted by molar-refractivity contribution is 0.607. The van der Waals surface area contributed by atoms with Gasteiger partial charge < -0.3 is 0 Å². The first-order valence-electron chi connectivity index (χ1n) is 9.06. The van der Waals surface area contributed by atoms with Crippen LogP contribution in [0.5, 0.6) is 0 Å². The van der Waals surface area contributed by atoms with Crippen LogP contribution in [0.15, 0.2) is 66.7 Å². The molecular weight excluding hydrogens is 390 g/mol. The van der Waals surface area contributed by atoms with Gasteiger partial charge in [0.25, 0.3) is 0 Å². The number of nitrogens with one attached hydrogen (secondary N) is 1. The van der Waals surface area contributed by atoms with Crippen molar-refractivity contribution in [2.75, 3.05) is 11.0 Å². The zero-order chi connectivity index (χ0) is 19.7. The van der Waals surface area contributed by atoms with E-state index in [-0.39, 0.29) is 0 Å². The highest BCUT2D eigenvalue weighted by Gasteiger charge is 2.19. The van der Waals surface area contributed by atoms with Gasteiger partial charge in [-0.05, 0) is 70.5 Å². The van der Waals surface area contributed by atoms with Gasteiger partial charge in [-0.1, -0.05) is 60.1 Å². The SMILES string of the molecule is CS(=O)(=O)Nc1ccc(/C=C2/c3ccccc3CCc3c(Cl)cccc32)cc1. The summed E-state index contributed by atoms with van der Waals surface area (Å²) >= 11 is 6.52. The van der Waals surface area contributed by atoms with Crippen molar-refractivity contribution in [2.24, 2.45) is 0 Å². The molecule has 28 heavy (non-hydrogen) atoms. The molecule has 0 spiro atoms. The molecule has 0 unspecified atom stereocenters. The van der Waals surface area contributed by atoms with E-state index in [2.05, 4.69) is 41.1 Å². The molecule has 0 aliphatic heterocycles. The summed E-state index contributed by atoms with van der Waals surface area (Å²) in [5.74, 6) is 0. The van der Waals surface area contributed by atoms with Gasteiger partial charge in [-0.3, -0.25) is 4.72 Å². The van der Waals surface area contributed by atoms with Crippen LogP contribution in [0.2, 0.25) is 5.02 Å². The van der Waals surface area contributed by atoms with Crippen LogP contribution in [-0.4, -0.2) is 14.7 Å². The molecule has 0 heterocycles. The van der Waals surface area contributed by atoms with E-state index >= 15 is 0 Å². The van der Waals surface area contributed by atoms with Gasteiger partial charge in [0.2, 0.25) is 10.0 Å². The van der Waals surface area contributed by atoms with Crippen molar-refractivity contribution in [3.8, 4) is 0 Å². The molecule has 1 aliphatic rings. The average Bonchev–Trinajstić information content (AvgIpc) is 2.81. The van der Waals surface area contributed by atoms with Crippen LogP contribution in [0, 0.1) is 0 Å². The summed E-state index contributed by atoms with van der Waals surface area (Å²) in [6, 6.07) is 21.9. The van der Waals surface area contributed by atoms with Gasteiger partial charge in [0.15, 0.2) is 0 Å². The van der Waals surface area contributed by atoms with Crippen molar-refractivity contribution in [1.29, 1.82) is 0 Å². The van der Waals surface area contributed by atoms with Crippen molar-refractivity contribution in [3.05, 3.63) is 99.6 Å². The molecular formula is C23H20ClNO2S. The molecule has 0 radical (unpaired) electrons. The number of anilines is 1. The van der Waals surface area contributed by atoms with Gasteiger partial charge in [0.05, 0.1) is 6.26 Å². The summed E-state index contributed by atoms with van der Waals surface area (Å²) in [6.45, 7) is 0. The molecule has 0 amide bonds. The largest absolute Gasteiger partial charge is 0.284 e. The van der Waals surface area contributed by atoms with Crippen LogP contribution in [0.3, 0.4) is 0 Å². The Morgan fingerprint density at radius 1 is 0.893 bits per heavy atom. The first kappa shape index (κ1) is 18.8. The Bertz CT molecular complexity index is 1170. The van der Waals surface area contributed by atoms with Crippen LogP contribution < -0.4 is 4.72 Å². The number of benzene rings is 3. The van der Waals surface area contributed by atoms with E-state index in [9.17, 15) is 8.42 Å². The Labute approximate surface area is 170 Å². The van der Waals surface area contributed by atoms with Gasteiger partial charge in [-0.25, -0.2) is 8.42 Å². The molecule has 0 saturated carbocycles. The fourth-order valence-electron chi connectivity index (χ4n) is 3.65. The van der Waals surface area contributed by atoms with E-state index < -0.39 is 10.0 Å². The first-order valence-corrected chi connectivity index (χ1v) is 11.3. The summed E-state index contributed by atoms with van der Waals surface area (Å²) in [5.41, 5.74) is 7.51. The molecule has 0 bridgehead atoms. The molecule has 3 nitrogen and oxygen atoms in total. The lowest BCUT2D eigenvalue weighted by atomic mass is 9.92. The Balaban J connectivity index is 1.83. The second kappa shape index (κ2) is 7.46. The summed E-state index contributed by atoms with van der Waals surface area (Å²) in [7, 11) is -3.29. The minimum Gasteiger partial charge on any atom is -0.284 e. The Morgan fingerprint density at radius 2 is 1.61 bits per heavy atom. The van der Waals surface area contributed by atoms with Crippen molar-refractivity contribution in [3.63, 3.8) is 0 Å². The fraction of sp³-hybridized carbons (Fsp3) is 0.130. The third-order valence-corrected chi connectivity index (χ3v) is 5.85. The van der Waals surface area contributed by atoms with Gasteiger partial charge >= 0.3 is 0 Å². The molecule has 4 rings (SSSR count). The van der Waals surface area contributed by atoms with Crippen LogP contribution in [0.25, 0.3) is 11.6 Å². The van der Waals surface area contributed by atoms with E-state index in [1.807, 2.05) is 24.3 Å². The molecule has 3 aromatic rings. The molecule has 1 N–H and O–H groups in total. The molecule has 3 aromatic carbocycles. The second-order valence-corrected chi connectivity index (χ2v) is 9.13. The summed E-state index contributed by atoms with van der Waals surface area (Å²) in [4.78, 5) is 0. The van der Waals surface area contributed by atoms with Gasteiger partial charge in [0, 0.05) is 10.7 Å². The molecule has 0 fully saturated rings. The minimum atomic E-state index is -3.29. The number of aryl methyl sites for hydroxylation is 1. The highest BCUT2D eigenvalue weighted by Crippen LogP contribution is 2.37. The highest BCUT2D eigenvalue weighted by molar-refractivity contribution is 7.92. The lowest BCUT2D eigenvalue weighted by Gasteiger charge is -2.13. The van der Waals surface area contributed by atoms with Crippen LogP contribution in [0.1, 0.15) is 27.8 Å². The van der Waals surface area contributed by atoms with E-state index in [1.54, 1.807) is 12.1 Å². The van der Waals surface area contributed by atoms with Gasteiger partial charge in [-0.2, -0.15) is 0 Å². The Hall–Kier alpha value is -2.56. The quantitative estimate of drug-likeness (QED) is 0.629. The summed E-state index contributed by atoms with van der Waals surface area (Å²) in [5, 5.41) is 0.795. The minimum absolute atomic E-state index is 0.550. The fourth-order valence-corrected chi connectivity index (χ4v) is 4.49. The number of hydrogen-bond acceptors (Lipinski definition) is 2. The summed E-state index contributed by atoms with van der Waals surface area (Å²) < 4.78 is 25.3. The van der Waals surface area contributed by atoms with Crippen molar-refractivity contribution < 1.29 is 8.42 Å². The number of halogens is 1. The van der Waals surface area contributed by atoms with Crippen molar-refractivity contribution in [2.45, 2.75) is 12.8 Å². The number of sulfonamides is 1. The van der Waals surface area contributed by atoms with Gasteiger partial charge in [0.1, 0.15) is 0 Å². The zero-order valence-electron chi connectivity index (χ0n) is 15.4. The van der Waals surface area contributed by atoms with E-state index in [4.69, 9.17) is 11.6 Å². The predicted molar refractivity (Wildman–Crippen MR) is 117 cm³/mol. The first-order chi connectivity index (χ1) is 13.4. The summed E-state index contributed by atoms with van der Waals surface area (Å²) in [6.07, 6.45) is 5.14. The number of hydrogen-bond donors (Lipinski definition) is 1. The Kier molecular flexibility index (Phi) is 5.00. The van der Waals surface area contributed by atoms with Crippen LogP contribution in [-0.2, 0) is 22.9 Å². The second-order valence-electron chi connectivity index (χ2n) is 6.98. The van der Waals surface area contributed by atoms with E-state index in [1.165, 1.54) is 16.7 Å². The lowest BCUT2D eigenvalue weighted by Crippen LogP contribution is -2.09. The molecule has 0 atom stereocenters. The third-order valence-electron chi connectivity index (χ3n) is 4.89. The monoisotopic (exact) mass is 409 g/mol. The predicted octanol–water partition coefficient (Wildman–Crippen LogP) is 5.40. The third kappa shape index (κ3) is 3.98. The Morgan fingerprint density at radius 3 is 2.36 bits per heavy atom. The smallest absolute Gasteiger partial charge is 0.229 e. The zero-order valence-corrected chi connectivity index (χ0v) is 17.0. The van der Waals surface area contributed by atoms with Crippen molar-refractivity contribution in [1.82, 2.24) is 0 Å². The highest BCUT2D eigenvalue weighted by atomic mass is 35.5. The van der Waals surface area contributed by atoms with Crippen LogP contribution in [0.4, 0.5) is 5.69 Å². The number of rotatable bonds is 3. The normalized spacial score (nSPS) is 14.9. The maximum atomic E-state index is 11.4. The maximum absolute atomic E-state index is 11.4. The number of fused-ring (bicyclic) bond motifs is 2. The van der Waals surface area contributed by atoms with Crippen molar-refractivity contribution >= 4 is 39.0 Å². The van der Waals surface area contributed by atoms with E-state index in [0.29, 0.717) is 5.69 Å². The topological polar surface area (TPSA) is 46.2 Å². The van der Waals surface area contributed by atoms with Gasteiger partial charge in [-0.15, -0.1) is 0 Å². The molecule has 1 aliphatic carbocycles. The standard InChI is InChI=1S/C23H20ClNO2S/c1-28(26,27)25-18-12-9-16(10-13-18)15-22-19-6-3-2-5-17(19)11-14-21-20(22)7-4-8-23(21)24/h2-10,12-13,15,25H,11,14H2,1H3/b22-15-. The average molecular weight is 410 g/mol.